The van der Waals surface area contributed by atoms with E-state index in [9.17, 15) is 4.79 Å². The van der Waals surface area contributed by atoms with Crippen LogP contribution < -0.4 is 19.5 Å². The minimum Gasteiger partial charge on any atom is -0.481 e. The van der Waals surface area contributed by atoms with E-state index < -0.39 is 6.10 Å². The van der Waals surface area contributed by atoms with Crippen molar-refractivity contribution in [2.45, 2.75) is 32.8 Å². The van der Waals surface area contributed by atoms with E-state index in [0.29, 0.717) is 28.9 Å². The Morgan fingerprint density at radius 1 is 1.04 bits per heavy atom. The molecule has 1 atom stereocenters. The number of anilines is 1. The molecule has 2 aromatic rings. The second kappa shape index (κ2) is 6.83. The summed E-state index contributed by atoms with van der Waals surface area (Å²) in [5, 5.41) is 2.82. The molecule has 3 rings (SSSR count). The van der Waals surface area contributed by atoms with Crippen LogP contribution in [0.15, 0.2) is 42.5 Å². The van der Waals surface area contributed by atoms with Gasteiger partial charge in [-0.2, -0.15) is 0 Å². The van der Waals surface area contributed by atoms with Gasteiger partial charge < -0.3 is 19.5 Å². The largest absolute Gasteiger partial charge is 0.481 e. The molecular formula is C19H21NO4. The molecule has 1 unspecified atom stereocenters. The van der Waals surface area contributed by atoms with Gasteiger partial charge in [0.05, 0.1) is 0 Å². The molecule has 5 nitrogen and oxygen atoms in total. The lowest BCUT2D eigenvalue weighted by molar-refractivity contribution is -0.122. The van der Waals surface area contributed by atoms with Crippen LogP contribution in [0.4, 0.5) is 5.69 Å². The van der Waals surface area contributed by atoms with Crippen molar-refractivity contribution in [3.05, 3.63) is 48.0 Å². The Morgan fingerprint density at radius 2 is 1.75 bits per heavy atom. The average molecular weight is 327 g/mol. The van der Waals surface area contributed by atoms with Crippen LogP contribution >= 0.6 is 0 Å². The van der Waals surface area contributed by atoms with Crippen molar-refractivity contribution < 1.29 is 19.0 Å². The Bertz CT molecular complexity index is 725. The Balaban J connectivity index is 1.60. The lowest BCUT2D eigenvalue weighted by Crippen LogP contribution is -2.30. The van der Waals surface area contributed by atoms with Crippen molar-refractivity contribution in [3.8, 4) is 17.2 Å². The molecule has 0 aromatic heterocycles. The van der Waals surface area contributed by atoms with E-state index in [4.69, 9.17) is 14.2 Å². The van der Waals surface area contributed by atoms with Crippen LogP contribution in [0.3, 0.4) is 0 Å². The van der Waals surface area contributed by atoms with E-state index in [1.54, 1.807) is 25.1 Å². The van der Waals surface area contributed by atoms with Crippen molar-refractivity contribution in [1.82, 2.24) is 0 Å². The van der Waals surface area contributed by atoms with E-state index in [-0.39, 0.29) is 12.7 Å². The number of benzene rings is 2. The highest BCUT2D eigenvalue weighted by Gasteiger charge is 2.18. The van der Waals surface area contributed by atoms with Crippen LogP contribution in [-0.4, -0.2) is 18.8 Å². The zero-order valence-electron chi connectivity index (χ0n) is 14.0. The summed E-state index contributed by atoms with van der Waals surface area (Å²) in [4.78, 5) is 12.3. The first kappa shape index (κ1) is 16.2. The van der Waals surface area contributed by atoms with Gasteiger partial charge in [0.25, 0.3) is 5.91 Å². The fourth-order valence-corrected chi connectivity index (χ4v) is 2.41. The summed E-state index contributed by atoms with van der Waals surface area (Å²) in [5.74, 6) is 2.23. The molecule has 24 heavy (non-hydrogen) atoms. The molecule has 0 bridgehead atoms. The van der Waals surface area contributed by atoms with E-state index in [2.05, 4.69) is 19.2 Å². The van der Waals surface area contributed by atoms with E-state index in [0.717, 1.165) is 0 Å². The minimum atomic E-state index is -0.611. The summed E-state index contributed by atoms with van der Waals surface area (Å²) in [7, 11) is 0. The summed E-state index contributed by atoms with van der Waals surface area (Å²) >= 11 is 0. The molecule has 0 aliphatic carbocycles. The Morgan fingerprint density at radius 3 is 2.46 bits per heavy atom. The third-order valence-electron chi connectivity index (χ3n) is 3.87. The highest BCUT2D eigenvalue weighted by molar-refractivity contribution is 5.94. The standard InChI is InChI=1S/C19H21NO4/c1-12(2)14-4-7-16(8-5-14)24-13(3)19(21)20-15-6-9-17-18(10-15)23-11-22-17/h4-10,12-13H,11H2,1-3H3,(H,20,21). The molecule has 1 N–H and O–H groups in total. The SMILES string of the molecule is CC(Oc1ccc(C(C)C)cc1)C(=O)Nc1ccc2c(c1)OCO2. The monoisotopic (exact) mass is 327 g/mol. The van der Waals surface area contributed by atoms with Gasteiger partial charge in [-0.1, -0.05) is 26.0 Å². The van der Waals surface area contributed by atoms with Crippen LogP contribution in [0.1, 0.15) is 32.3 Å². The Hall–Kier alpha value is -2.69. The summed E-state index contributed by atoms with van der Waals surface area (Å²) in [6, 6.07) is 13.1. The predicted molar refractivity (Wildman–Crippen MR) is 91.8 cm³/mol. The number of nitrogens with one attached hydrogen (secondary N) is 1. The summed E-state index contributed by atoms with van der Waals surface area (Å²) < 4.78 is 16.3. The first-order valence-corrected chi connectivity index (χ1v) is 8.00. The highest BCUT2D eigenvalue weighted by atomic mass is 16.7. The topological polar surface area (TPSA) is 56.8 Å². The molecule has 0 fully saturated rings. The normalized spacial score (nSPS) is 13.7. The zero-order valence-corrected chi connectivity index (χ0v) is 14.0. The third-order valence-corrected chi connectivity index (χ3v) is 3.87. The number of rotatable bonds is 5. The summed E-state index contributed by atoms with van der Waals surface area (Å²) in [5.41, 5.74) is 1.88. The number of carbonyl (C=O) groups excluding carboxylic acids is 1. The van der Waals surface area contributed by atoms with E-state index in [1.807, 2.05) is 24.3 Å². The van der Waals surface area contributed by atoms with Gasteiger partial charge in [-0.3, -0.25) is 4.79 Å². The Labute approximate surface area is 141 Å². The van der Waals surface area contributed by atoms with Crippen LogP contribution in [0, 0.1) is 0 Å². The molecule has 0 spiro atoms. The lowest BCUT2D eigenvalue weighted by atomic mass is 10.0. The van der Waals surface area contributed by atoms with E-state index >= 15 is 0 Å². The first-order chi connectivity index (χ1) is 11.5. The van der Waals surface area contributed by atoms with Crippen molar-refractivity contribution in [2.75, 3.05) is 12.1 Å². The Kier molecular flexibility index (Phi) is 4.60. The molecule has 1 aliphatic rings. The van der Waals surface area contributed by atoms with Crippen molar-refractivity contribution in [3.63, 3.8) is 0 Å². The summed E-state index contributed by atoms with van der Waals surface area (Å²) in [6.07, 6.45) is -0.611. The molecule has 1 amide bonds. The van der Waals surface area contributed by atoms with Crippen molar-refractivity contribution >= 4 is 11.6 Å². The van der Waals surface area contributed by atoms with Gasteiger partial charge in [-0.25, -0.2) is 0 Å². The van der Waals surface area contributed by atoms with Crippen LogP contribution in [-0.2, 0) is 4.79 Å². The number of carbonyl (C=O) groups is 1. The van der Waals surface area contributed by atoms with Crippen LogP contribution in [0.5, 0.6) is 17.2 Å². The number of hydrogen-bond acceptors (Lipinski definition) is 4. The van der Waals surface area contributed by atoms with Gasteiger partial charge in [0.2, 0.25) is 6.79 Å². The number of amides is 1. The fraction of sp³-hybridized carbons (Fsp3) is 0.316. The molecule has 5 heteroatoms. The van der Waals surface area contributed by atoms with Gasteiger partial charge in [0.1, 0.15) is 5.75 Å². The second-order valence-corrected chi connectivity index (χ2v) is 6.04. The molecule has 0 saturated heterocycles. The van der Waals surface area contributed by atoms with Gasteiger partial charge in [0, 0.05) is 11.8 Å². The maximum absolute atomic E-state index is 12.3. The molecule has 1 aliphatic heterocycles. The van der Waals surface area contributed by atoms with Crippen molar-refractivity contribution in [2.24, 2.45) is 0 Å². The molecule has 0 radical (unpaired) electrons. The lowest BCUT2D eigenvalue weighted by Gasteiger charge is -2.15. The highest BCUT2D eigenvalue weighted by Crippen LogP contribution is 2.34. The quantitative estimate of drug-likeness (QED) is 0.903. The molecule has 0 saturated carbocycles. The fourth-order valence-electron chi connectivity index (χ4n) is 2.41. The summed E-state index contributed by atoms with van der Waals surface area (Å²) in [6.45, 7) is 6.20. The number of fused-ring (bicyclic) bond motifs is 1. The maximum atomic E-state index is 12.3. The smallest absolute Gasteiger partial charge is 0.265 e. The third kappa shape index (κ3) is 3.62. The van der Waals surface area contributed by atoms with Crippen LogP contribution in [0.2, 0.25) is 0 Å². The maximum Gasteiger partial charge on any atom is 0.265 e. The molecule has 2 aromatic carbocycles. The van der Waals surface area contributed by atoms with Gasteiger partial charge in [0.15, 0.2) is 17.6 Å². The van der Waals surface area contributed by atoms with Crippen molar-refractivity contribution in [1.29, 1.82) is 0 Å². The number of ether oxygens (including phenoxy) is 3. The van der Waals surface area contributed by atoms with Crippen LogP contribution in [0.25, 0.3) is 0 Å². The van der Waals surface area contributed by atoms with Gasteiger partial charge >= 0.3 is 0 Å². The predicted octanol–water partition coefficient (Wildman–Crippen LogP) is 3.94. The minimum absolute atomic E-state index is 0.207. The molecular weight excluding hydrogens is 306 g/mol. The first-order valence-electron chi connectivity index (χ1n) is 8.00. The van der Waals surface area contributed by atoms with E-state index in [1.165, 1.54) is 5.56 Å². The van der Waals surface area contributed by atoms with Gasteiger partial charge in [-0.05, 0) is 42.7 Å². The molecule has 126 valence electrons. The second-order valence-electron chi connectivity index (χ2n) is 6.04. The zero-order chi connectivity index (χ0) is 17.1. The number of hydrogen-bond donors (Lipinski definition) is 1. The average Bonchev–Trinajstić information content (AvgIpc) is 3.03. The molecule has 1 heterocycles. The van der Waals surface area contributed by atoms with Gasteiger partial charge in [-0.15, -0.1) is 0 Å².